The van der Waals surface area contributed by atoms with Crippen LogP contribution in [0.2, 0.25) is 0 Å². The van der Waals surface area contributed by atoms with Crippen LogP contribution in [-0.4, -0.2) is 34.1 Å². The zero-order valence-corrected chi connectivity index (χ0v) is 17.6. The zero-order valence-electron chi connectivity index (χ0n) is 16.0. The molecule has 0 fully saturated rings. The van der Waals surface area contributed by atoms with Gasteiger partial charge in [0.25, 0.3) is 15.7 Å². The van der Waals surface area contributed by atoms with Gasteiger partial charge in [0, 0.05) is 24.4 Å². The predicted octanol–water partition coefficient (Wildman–Crippen LogP) is 2.81. The molecular weight excluding hydrogens is 418 g/mol. The summed E-state index contributed by atoms with van der Waals surface area (Å²) in [6.45, 7) is 3.52. The molecule has 29 heavy (non-hydrogen) atoms. The summed E-state index contributed by atoms with van der Waals surface area (Å²) in [7, 11) is -7.47. The van der Waals surface area contributed by atoms with Gasteiger partial charge >= 0.3 is 0 Å². The lowest BCUT2D eigenvalue weighted by Gasteiger charge is -2.30. The van der Waals surface area contributed by atoms with Crippen molar-refractivity contribution < 1.29 is 21.8 Å². The lowest BCUT2D eigenvalue weighted by atomic mass is 10.0. The Morgan fingerprint density at radius 1 is 1.14 bits per heavy atom. The van der Waals surface area contributed by atoms with Crippen LogP contribution >= 0.6 is 0 Å². The molecule has 0 aromatic heterocycles. The summed E-state index contributed by atoms with van der Waals surface area (Å²) in [5.41, 5.74) is 1.60. The van der Waals surface area contributed by atoms with E-state index in [1.807, 2.05) is 0 Å². The maximum atomic E-state index is 12.8. The summed E-state index contributed by atoms with van der Waals surface area (Å²) >= 11 is 0. The first-order valence-electron chi connectivity index (χ1n) is 8.96. The third-order valence-electron chi connectivity index (χ3n) is 4.78. The van der Waals surface area contributed by atoms with Crippen molar-refractivity contribution in [2.75, 3.05) is 21.3 Å². The van der Waals surface area contributed by atoms with Crippen LogP contribution in [0.3, 0.4) is 0 Å². The highest BCUT2D eigenvalue weighted by Crippen LogP contribution is 2.33. The van der Waals surface area contributed by atoms with E-state index in [4.69, 9.17) is 0 Å². The van der Waals surface area contributed by atoms with E-state index in [1.54, 1.807) is 26.0 Å². The summed E-state index contributed by atoms with van der Waals surface area (Å²) in [5.74, 6) is -0.0209. The Bertz CT molecular complexity index is 1180. The van der Waals surface area contributed by atoms with Crippen molar-refractivity contribution in [2.45, 2.75) is 31.6 Å². The highest BCUT2D eigenvalue weighted by molar-refractivity contribution is 7.93. The molecule has 1 heterocycles. The number of anilines is 2. The van der Waals surface area contributed by atoms with Crippen LogP contribution in [0.15, 0.2) is 41.3 Å². The third kappa shape index (κ3) is 4.20. The second-order valence-corrected chi connectivity index (χ2v) is 10.6. The summed E-state index contributed by atoms with van der Waals surface area (Å²) in [6, 6.07) is 8.33. The molecule has 156 valence electrons. The van der Waals surface area contributed by atoms with Crippen molar-refractivity contribution in [3.05, 3.63) is 57.6 Å². The fraction of sp³-hybridized carbons (Fsp3) is 0.333. The Balaban J connectivity index is 1.96. The van der Waals surface area contributed by atoms with Gasteiger partial charge in [-0.3, -0.25) is 19.1 Å². The lowest BCUT2D eigenvalue weighted by Crippen LogP contribution is -2.36. The van der Waals surface area contributed by atoms with Crippen molar-refractivity contribution in [1.29, 1.82) is 0 Å². The largest absolute Gasteiger partial charge is 0.280 e. The number of nitro groups is 1. The number of sulfonamides is 2. The lowest BCUT2D eigenvalue weighted by molar-refractivity contribution is -0.385. The van der Waals surface area contributed by atoms with E-state index in [2.05, 4.69) is 4.72 Å². The quantitative estimate of drug-likeness (QED) is 0.545. The molecule has 0 aliphatic carbocycles. The fourth-order valence-electron chi connectivity index (χ4n) is 3.27. The number of non-ortho nitro benzene ring substituents is 1. The van der Waals surface area contributed by atoms with Crippen LogP contribution in [-0.2, 0) is 26.5 Å². The van der Waals surface area contributed by atoms with Gasteiger partial charge in [-0.2, -0.15) is 0 Å². The predicted molar refractivity (Wildman–Crippen MR) is 110 cm³/mol. The molecule has 11 heteroatoms. The van der Waals surface area contributed by atoms with Gasteiger partial charge in [-0.1, -0.05) is 6.07 Å². The SMILES string of the molecule is CCS(=O)(=O)N1CCCc2cc(NS(=O)(=O)c3cc([N+](=O)[O-])ccc3C)ccc21. The first kappa shape index (κ1) is 21.1. The second-order valence-electron chi connectivity index (χ2n) is 6.73. The van der Waals surface area contributed by atoms with Gasteiger partial charge in [-0.05, 0) is 56.0 Å². The second kappa shape index (κ2) is 7.64. The zero-order chi connectivity index (χ0) is 21.4. The monoisotopic (exact) mass is 439 g/mol. The number of nitrogens with one attached hydrogen (secondary N) is 1. The van der Waals surface area contributed by atoms with E-state index in [1.165, 1.54) is 22.5 Å². The molecule has 1 aliphatic rings. The molecule has 0 saturated carbocycles. The molecule has 0 bridgehead atoms. The summed E-state index contributed by atoms with van der Waals surface area (Å²) < 4.78 is 54.0. The first-order valence-corrected chi connectivity index (χ1v) is 12.1. The number of nitrogens with zero attached hydrogens (tertiary/aromatic N) is 2. The van der Waals surface area contributed by atoms with Crippen LogP contribution in [0.5, 0.6) is 0 Å². The van der Waals surface area contributed by atoms with E-state index >= 15 is 0 Å². The summed E-state index contributed by atoms with van der Waals surface area (Å²) in [5, 5.41) is 11.0. The number of benzene rings is 2. The average Bonchev–Trinajstić information content (AvgIpc) is 2.67. The minimum absolute atomic E-state index is 0.0209. The highest BCUT2D eigenvalue weighted by atomic mass is 32.2. The molecule has 1 N–H and O–H groups in total. The van der Waals surface area contributed by atoms with Gasteiger partial charge in [0.05, 0.1) is 21.3 Å². The number of rotatable bonds is 6. The van der Waals surface area contributed by atoms with Crippen molar-refractivity contribution in [3.63, 3.8) is 0 Å². The third-order valence-corrected chi connectivity index (χ3v) is 8.08. The van der Waals surface area contributed by atoms with E-state index in [-0.39, 0.29) is 22.0 Å². The average molecular weight is 440 g/mol. The van der Waals surface area contributed by atoms with E-state index in [0.717, 1.165) is 11.6 Å². The Morgan fingerprint density at radius 3 is 2.52 bits per heavy atom. The molecule has 0 radical (unpaired) electrons. The Kier molecular flexibility index (Phi) is 5.54. The van der Waals surface area contributed by atoms with E-state index in [0.29, 0.717) is 30.6 Å². The number of hydrogen-bond acceptors (Lipinski definition) is 6. The number of aryl methyl sites for hydroxylation is 2. The molecule has 0 amide bonds. The van der Waals surface area contributed by atoms with E-state index in [9.17, 15) is 26.9 Å². The molecule has 2 aromatic rings. The topological polar surface area (TPSA) is 127 Å². The summed E-state index contributed by atoms with van der Waals surface area (Å²) in [6.07, 6.45) is 1.25. The molecule has 1 aliphatic heterocycles. The maximum Gasteiger partial charge on any atom is 0.270 e. The first-order chi connectivity index (χ1) is 13.5. The van der Waals surface area contributed by atoms with E-state index < -0.39 is 25.0 Å². The number of fused-ring (bicyclic) bond motifs is 1. The summed E-state index contributed by atoms with van der Waals surface area (Å²) in [4.78, 5) is 10.1. The normalized spacial score (nSPS) is 14.3. The molecule has 9 nitrogen and oxygen atoms in total. The Morgan fingerprint density at radius 2 is 1.86 bits per heavy atom. The van der Waals surface area contributed by atoms with Gasteiger partial charge in [0.1, 0.15) is 0 Å². The van der Waals surface area contributed by atoms with Gasteiger partial charge in [0.2, 0.25) is 10.0 Å². The number of nitro benzene ring substituents is 1. The molecule has 0 unspecified atom stereocenters. The van der Waals surface area contributed by atoms with Crippen LogP contribution in [0, 0.1) is 17.0 Å². The Labute approximate surface area is 169 Å². The molecule has 0 atom stereocenters. The minimum Gasteiger partial charge on any atom is -0.280 e. The van der Waals surface area contributed by atoms with Gasteiger partial charge < -0.3 is 0 Å². The van der Waals surface area contributed by atoms with Crippen LogP contribution in [0.25, 0.3) is 0 Å². The van der Waals surface area contributed by atoms with Crippen LogP contribution in [0.1, 0.15) is 24.5 Å². The van der Waals surface area contributed by atoms with Crippen LogP contribution < -0.4 is 9.03 Å². The maximum absolute atomic E-state index is 12.8. The standard InChI is InChI=1S/C18H21N3O6S2/c1-3-28(24,25)20-10-4-5-14-11-15(7-9-17(14)20)19-29(26,27)18-12-16(21(22)23)8-6-13(18)2/h6-9,11-12,19H,3-5,10H2,1-2H3. The molecule has 3 rings (SSSR count). The molecule has 0 saturated heterocycles. The van der Waals surface area contributed by atoms with Crippen molar-refractivity contribution in [3.8, 4) is 0 Å². The molecule has 0 spiro atoms. The molecule has 2 aromatic carbocycles. The molecular formula is C18H21N3O6S2. The fourth-order valence-corrected chi connectivity index (χ4v) is 5.78. The highest BCUT2D eigenvalue weighted by Gasteiger charge is 2.27. The minimum atomic E-state index is -4.06. The van der Waals surface area contributed by atoms with Gasteiger partial charge in [-0.25, -0.2) is 16.8 Å². The van der Waals surface area contributed by atoms with Crippen LogP contribution in [0.4, 0.5) is 17.1 Å². The van der Waals surface area contributed by atoms with Crippen molar-refractivity contribution in [1.82, 2.24) is 0 Å². The van der Waals surface area contributed by atoms with Gasteiger partial charge in [-0.15, -0.1) is 0 Å². The smallest absolute Gasteiger partial charge is 0.270 e. The van der Waals surface area contributed by atoms with Crippen molar-refractivity contribution in [2.24, 2.45) is 0 Å². The Hall–Kier alpha value is -2.66. The number of hydrogen-bond donors (Lipinski definition) is 1. The van der Waals surface area contributed by atoms with Crippen molar-refractivity contribution >= 4 is 37.1 Å². The van der Waals surface area contributed by atoms with Gasteiger partial charge in [0.15, 0.2) is 0 Å².